The van der Waals surface area contributed by atoms with E-state index in [0.29, 0.717) is 10.3 Å². The second kappa shape index (κ2) is 11.3. The van der Waals surface area contributed by atoms with Gasteiger partial charge < -0.3 is 29.8 Å². The quantitative estimate of drug-likeness (QED) is 0.269. The Labute approximate surface area is 244 Å². The van der Waals surface area contributed by atoms with Crippen molar-refractivity contribution < 1.29 is 28.4 Å². The Morgan fingerprint density at radius 3 is 2.20 bits per heavy atom. The molecule has 0 radical (unpaired) electrons. The highest BCUT2D eigenvalue weighted by atomic mass is 32.1. The molecule has 1 amide bonds. The van der Waals surface area contributed by atoms with Gasteiger partial charge in [-0.25, -0.2) is 14.6 Å². The lowest BCUT2D eigenvalue weighted by molar-refractivity contribution is 0.00578. The van der Waals surface area contributed by atoms with E-state index in [4.69, 9.17) is 24.5 Å². The molecule has 1 aliphatic heterocycles. The molecule has 9 nitrogen and oxygen atoms in total. The number of thiazole rings is 1. The fraction of sp³-hybridized carbons (Fsp3) is 0.367. The number of nitrogens with one attached hydrogen (secondary N) is 1. The smallest absolute Gasteiger partial charge is 0.461 e. The summed E-state index contributed by atoms with van der Waals surface area (Å²) in [5, 5.41) is 3.05. The van der Waals surface area contributed by atoms with Gasteiger partial charge in [-0.2, -0.15) is 0 Å². The van der Waals surface area contributed by atoms with Crippen LogP contribution in [0.2, 0.25) is 0 Å². The number of anilines is 1. The number of hydrogen-bond donors (Lipinski definition) is 2. The van der Waals surface area contributed by atoms with Crippen molar-refractivity contribution in [3.8, 4) is 11.1 Å². The number of carbonyl (C=O) groups excluding carboxylic acids is 2. The molecule has 0 saturated carbocycles. The van der Waals surface area contributed by atoms with Gasteiger partial charge in [-0.3, -0.25) is 0 Å². The van der Waals surface area contributed by atoms with Crippen molar-refractivity contribution >= 4 is 41.7 Å². The molecule has 1 aliphatic carbocycles. The molecule has 0 unspecified atom stereocenters. The third-order valence-corrected chi connectivity index (χ3v) is 8.62. The Morgan fingerprint density at radius 2 is 1.61 bits per heavy atom. The summed E-state index contributed by atoms with van der Waals surface area (Å²) < 4.78 is 23.4. The minimum atomic E-state index is -0.785. The van der Waals surface area contributed by atoms with Crippen molar-refractivity contribution in [1.29, 1.82) is 0 Å². The zero-order valence-electron chi connectivity index (χ0n) is 23.9. The van der Waals surface area contributed by atoms with E-state index in [0.717, 1.165) is 33.6 Å². The minimum Gasteiger partial charge on any atom is -0.461 e. The summed E-state index contributed by atoms with van der Waals surface area (Å²) >= 11 is 1.14. The molecular weight excluding hydrogens is 541 g/mol. The van der Waals surface area contributed by atoms with Crippen LogP contribution in [0.4, 0.5) is 9.93 Å². The molecule has 5 rings (SSSR count). The van der Waals surface area contributed by atoms with Crippen LogP contribution in [0.5, 0.6) is 0 Å². The summed E-state index contributed by atoms with van der Waals surface area (Å²) in [7, 11) is -0.785. The summed E-state index contributed by atoms with van der Waals surface area (Å²) in [6, 6.07) is 16.3. The first-order valence-corrected chi connectivity index (χ1v) is 14.4. The van der Waals surface area contributed by atoms with Gasteiger partial charge in [0.15, 0.2) is 10.8 Å². The molecule has 41 heavy (non-hydrogen) atoms. The van der Waals surface area contributed by atoms with E-state index >= 15 is 0 Å². The highest BCUT2D eigenvalue weighted by Crippen LogP contribution is 2.44. The summed E-state index contributed by atoms with van der Waals surface area (Å²) in [6.07, 6.45) is 1.13. The predicted molar refractivity (Wildman–Crippen MR) is 160 cm³/mol. The number of ether oxygens (including phenoxy) is 2. The molecule has 2 aromatic carbocycles. The average Bonchev–Trinajstić information content (AvgIpc) is 3.53. The van der Waals surface area contributed by atoms with E-state index in [1.807, 2.05) is 52.0 Å². The average molecular weight is 575 g/mol. The number of amides is 1. The Balaban J connectivity index is 1.34. The van der Waals surface area contributed by atoms with E-state index in [9.17, 15) is 9.59 Å². The number of benzene rings is 2. The molecule has 0 bridgehead atoms. The molecule has 1 saturated heterocycles. The largest absolute Gasteiger partial charge is 0.492 e. The Morgan fingerprint density at radius 1 is 1.02 bits per heavy atom. The summed E-state index contributed by atoms with van der Waals surface area (Å²) in [5.41, 5.74) is 9.96. The standard InChI is InChI=1S/C30H34BN3O6S/c1-6-37-26(35)25-24(41-27(32)34-25)15-18(31-39-29(2,3)30(4,5)40-31)16-33-28(36)38-17-23-21-13-9-7-11-19(21)20-12-8-10-14-22(20)23/h7-15,23H,6,16-17H2,1-5H3,(H2,32,34)(H,33,36). The maximum atomic E-state index is 13.0. The fourth-order valence-corrected chi connectivity index (χ4v) is 5.78. The van der Waals surface area contributed by atoms with E-state index in [1.54, 1.807) is 13.0 Å². The number of aromatic nitrogens is 1. The van der Waals surface area contributed by atoms with Gasteiger partial charge >= 0.3 is 19.2 Å². The van der Waals surface area contributed by atoms with Gasteiger partial charge in [-0.1, -0.05) is 59.9 Å². The van der Waals surface area contributed by atoms with Gasteiger partial charge in [0.1, 0.15) is 6.61 Å². The van der Waals surface area contributed by atoms with Crippen LogP contribution in [-0.2, 0) is 18.8 Å². The van der Waals surface area contributed by atoms with Crippen molar-refractivity contribution in [2.45, 2.75) is 51.7 Å². The lowest BCUT2D eigenvalue weighted by Crippen LogP contribution is -2.41. The van der Waals surface area contributed by atoms with Gasteiger partial charge in [-0.15, -0.1) is 0 Å². The molecule has 11 heteroatoms. The number of fused-ring (bicyclic) bond motifs is 3. The molecule has 3 aromatic rings. The van der Waals surface area contributed by atoms with Gasteiger partial charge in [0.25, 0.3) is 0 Å². The van der Waals surface area contributed by atoms with Crippen LogP contribution < -0.4 is 11.1 Å². The molecule has 2 aliphatic rings. The first-order chi connectivity index (χ1) is 19.5. The number of rotatable bonds is 8. The molecular formula is C30H34BN3O6S. The number of hydrogen-bond acceptors (Lipinski definition) is 9. The van der Waals surface area contributed by atoms with Crippen molar-refractivity contribution in [2.75, 3.05) is 25.5 Å². The Bertz CT molecular complexity index is 1440. The van der Waals surface area contributed by atoms with Crippen molar-refractivity contribution in [2.24, 2.45) is 0 Å². The highest BCUT2D eigenvalue weighted by Gasteiger charge is 2.52. The summed E-state index contributed by atoms with van der Waals surface area (Å²) in [4.78, 5) is 30.1. The van der Waals surface area contributed by atoms with Crippen LogP contribution in [0.1, 0.15) is 67.0 Å². The highest BCUT2D eigenvalue weighted by molar-refractivity contribution is 7.16. The third kappa shape index (κ3) is 5.75. The number of alkyl carbamates (subject to hydrolysis) is 1. The molecule has 214 valence electrons. The van der Waals surface area contributed by atoms with Crippen LogP contribution in [-0.4, -0.2) is 55.1 Å². The van der Waals surface area contributed by atoms with Crippen LogP contribution in [0, 0.1) is 0 Å². The first-order valence-electron chi connectivity index (χ1n) is 13.6. The van der Waals surface area contributed by atoms with Crippen LogP contribution in [0.25, 0.3) is 17.2 Å². The lowest BCUT2D eigenvalue weighted by Gasteiger charge is -2.32. The summed E-state index contributed by atoms with van der Waals surface area (Å²) in [6.45, 7) is 9.93. The number of nitrogens with two attached hydrogens (primary N) is 1. The normalized spacial score (nSPS) is 17.2. The molecule has 1 fully saturated rings. The minimum absolute atomic E-state index is 0.0492. The first kappa shape index (κ1) is 28.8. The number of esters is 1. The second-order valence-electron chi connectivity index (χ2n) is 11.0. The van der Waals surface area contributed by atoms with Crippen LogP contribution in [0.3, 0.4) is 0 Å². The maximum Gasteiger partial charge on any atom is 0.492 e. The third-order valence-electron chi connectivity index (χ3n) is 7.79. The lowest BCUT2D eigenvalue weighted by atomic mass is 9.77. The number of nitrogens with zero attached hydrogens (tertiary/aromatic N) is 1. The number of nitrogen functional groups attached to an aromatic ring is 1. The topological polar surface area (TPSA) is 122 Å². The van der Waals surface area contributed by atoms with E-state index in [-0.39, 0.29) is 36.5 Å². The SMILES string of the molecule is CCOC(=O)c1nc(N)sc1C=C(CNC(=O)OCC1c2ccccc2-c2ccccc21)B1OC(C)(C)C(C)(C)O1. The molecule has 0 spiro atoms. The van der Waals surface area contributed by atoms with Crippen molar-refractivity contribution in [1.82, 2.24) is 10.3 Å². The van der Waals surface area contributed by atoms with Gasteiger partial charge in [-0.05, 0) is 68.4 Å². The molecule has 3 N–H and O–H groups in total. The molecule has 0 atom stereocenters. The zero-order valence-corrected chi connectivity index (χ0v) is 24.7. The Hall–Kier alpha value is -3.67. The van der Waals surface area contributed by atoms with Crippen molar-refractivity contribution in [3.05, 3.63) is 75.7 Å². The summed E-state index contributed by atoms with van der Waals surface area (Å²) in [5.74, 6) is -0.636. The van der Waals surface area contributed by atoms with Gasteiger partial charge in [0, 0.05) is 12.5 Å². The van der Waals surface area contributed by atoms with Gasteiger partial charge in [0.05, 0.1) is 22.7 Å². The maximum absolute atomic E-state index is 13.0. The Kier molecular flexibility index (Phi) is 7.96. The fourth-order valence-electron chi connectivity index (χ4n) is 4.98. The van der Waals surface area contributed by atoms with E-state index in [2.05, 4.69) is 34.6 Å². The van der Waals surface area contributed by atoms with Crippen LogP contribution >= 0.6 is 11.3 Å². The van der Waals surface area contributed by atoms with E-state index < -0.39 is 30.4 Å². The van der Waals surface area contributed by atoms with Gasteiger partial charge in [0.2, 0.25) is 0 Å². The second-order valence-corrected chi connectivity index (χ2v) is 12.0. The van der Waals surface area contributed by atoms with E-state index in [1.165, 1.54) is 0 Å². The molecule has 1 aromatic heterocycles. The van der Waals surface area contributed by atoms with Crippen LogP contribution in [0.15, 0.2) is 54.0 Å². The predicted octanol–water partition coefficient (Wildman–Crippen LogP) is 5.46. The molecule has 2 heterocycles. The number of carbonyl (C=O) groups is 2. The monoisotopic (exact) mass is 575 g/mol. The zero-order chi connectivity index (χ0) is 29.4. The van der Waals surface area contributed by atoms with Crippen molar-refractivity contribution in [3.63, 3.8) is 0 Å².